The largest absolute Gasteiger partial charge is 0.507 e. The lowest BCUT2D eigenvalue weighted by molar-refractivity contribution is -0.140. The lowest BCUT2D eigenvalue weighted by atomic mass is 9.93. The van der Waals surface area contributed by atoms with Gasteiger partial charge in [0, 0.05) is 19.2 Å². The molecule has 1 saturated heterocycles. The van der Waals surface area contributed by atoms with Gasteiger partial charge in [0.1, 0.15) is 19.0 Å². The summed E-state index contributed by atoms with van der Waals surface area (Å²) in [5.41, 5.74) is 2.35. The lowest BCUT2D eigenvalue weighted by Crippen LogP contribution is -2.32. The van der Waals surface area contributed by atoms with Gasteiger partial charge in [-0.1, -0.05) is 38.1 Å². The second kappa shape index (κ2) is 9.04. The van der Waals surface area contributed by atoms with Crippen molar-refractivity contribution in [2.75, 3.05) is 33.5 Å². The highest BCUT2D eigenvalue weighted by Crippen LogP contribution is 2.41. The van der Waals surface area contributed by atoms with Gasteiger partial charge in [0.15, 0.2) is 11.5 Å². The fourth-order valence-corrected chi connectivity index (χ4v) is 4.06. The minimum absolute atomic E-state index is 0.0556. The Balaban J connectivity index is 1.81. The van der Waals surface area contributed by atoms with E-state index in [-0.39, 0.29) is 24.5 Å². The maximum absolute atomic E-state index is 13.0. The van der Waals surface area contributed by atoms with Crippen molar-refractivity contribution in [1.82, 2.24) is 4.90 Å². The molecule has 7 heteroatoms. The zero-order valence-electron chi connectivity index (χ0n) is 18.5. The number of hydrogen-bond donors (Lipinski definition) is 1. The minimum atomic E-state index is -0.716. The van der Waals surface area contributed by atoms with Crippen molar-refractivity contribution in [2.45, 2.75) is 25.8 Å². The molecule has 2 aliphatic heterocycles. The second-order valence-electron chi connectivity index (χ2n) is 8.17. The highest BCUT2D eigenvalue weighted by molar-refractivity contribution is 6.46. The van der Waals surface area contributed by atoms with Crippen molar-refractivity contribution in [1.29, 1.82) is 0 Å². The van der Waals surface area contributed by atoms with E-state index in [2.05, 4.69) is 13.8 Å². The maximum Gasteiger partial charge on any atom is 0.295 e. The summed E-state index contributed by atoms with van der Waals surface area (Å²) in [4.78, 5) is 27.4. The number of ether oxygens (including phenoxy) is 3. The molecule has 7 nitrogen and oxygen atoms in total. The van der Waals surface area contributed by atoms with Crippen LogP contribution in [-0.2, 0) is 14.3 Å². The van der Waals surface area contributed by atoms with Crippen LogP contribution in [0.2, 0.25) is 0 Å². The summed E-state index contributed by atoms with van der Waals surface area (Å²) in [6.45, 7) is 5.56. The molecule has 0 aliphatic carbocycles. The number of aliphatic hydroxyl groups is 1. The fourth-order valence-electron chi connectivity index (χ4n) is 4.06. The Morgan fingerprint density at radius 1 is 1.09 bits per heavy atom. The molecule has 2 aromatic carbocycles. The molecule has 2 heterocycles. The molecule has 0 saturated carbocycles. The van der Waals surface area contributed by atoms with Crippen LogP contribution in [0.1, 0.15) is 42.5 Å². The van der Waals surface area contributed by atoms with Gasteiger partial charge in [-0.2, -0.15) is 0 Å². The summed E-state index contributed by atoms with van der Waals surface area (Å²) in [5.74, 6) is -0.189. The maximum atomic E-state index is 13.0. The third kappa shape index (κ3) is 3.96. The van der Waals surface area contributed by atoms with Crippen LogP contribution in [0.4, 0.5) is 0 Å². The molecule has 0 aromatic heterocycles. The second-order valence-corrected chi connectivity index (χ2v) is 8.17. The van der Waals surface area contributed by atoms with Crippen molar-refractivity contribution in [3.8, 4) is 11.5 Å². The molecule has 0 bridgehead atoms. The Morgan fingerprint density at radius 3 is 2.44 bits per heavy atom. The van der Waals surface area contributed by atoms with Crippen molar-refractivity contribution in [3.63, 3.8) is 0 Å². The third-order valence-electron chi connectivity index (χ3n) is 5.81. The van der Waals surface area contributed by atoms with Crippen LogP contribution < -0.4 is 9.47 Å². The van der Waals surface area contributed by atoms with Gasteiger partial charge >= 0.3 is 0 Å². The van der Waals surface area contributed by atoms with E-state index in [0.717, 1.165) is 11.1 Å². The Kier molecular flexibility index (Phi) is 6.19. The van der Waals surface area contributed by atoms with E-state index in [9.17, 15) is 14.7 Å². The van der Waals surface area contributed by atoms with Gasteiger partial charge in [0.05, 0.1) is 18.2 Å². The monoisotopic (exact) mass is 437 g/mol. The fraction of sp³-hybridized carbons (Fsp3) is 0.360. The summed E-state index contributed by atoms with van der Waals surface area (Å²) in [6.07, 6.45) is 0. The van der Waals surface area contributed by atoms with E-state index in [4.69, 9.17) is 14.2 Å². The number of carbonyl (C=O) groups is 2. The van der Waals surface area contributed by atoms with E-state index in [1.54, 1.807) is 18.2 Å². The zero-order chi connectivity index (χ0) is 22.8. The van der Waals surface area contributed by atoms with Crippen LogP contribution in [0, 0.1) is 0 Å². The molecule has 2 aliphatic rings. The van der Waals surface area contributed by atoms with E-state index in [0.29, 0.717) is 36.2 Å². The molecular formula is C25H27NO6. The lowest BCUT2D eigenvalue weighted by Gasteiger charge is -2.25. The SMILES string of the molecule is COCCN1C(=O)C(=O)/C(=C(/O)c2ccc3c(c2)OCCO3)[C@@H]1c1ccc(C(C)C)cc1. The number of nitrogens with zero attached hydrogens (tertiary/aromatic N) is 1. The van der Waals surface area contributed by atoms with Gasteiger partial charge in [-0.3, -0.25) is 9.59 Å². The number of methoxy groups -OCH3 is 1. The first-order valence-corrected chi connectivity index (χ1v) is 10.7. The first-order chi connectivity index (χ1) is 15.4. The van der Waals surface area contributed by atoms with Crippen LogP contribution >= 0.6 is 0 Å². The molecule has 1 fully saturated rings. The number of ketones is 1. The van der Waals surface area contributed by atoms with Crippen molar-refractivity contribution in [2.24, 2.45) is 0 Å². The van der Waals surface area contributed by atoms with Gasteiger partial charge < -0.3 is 24.2 Å². The van der Waals surface area contributed by atoms with Crippen LogP contribution in [0.15, 0.2) is 48.0 Å². The first-order valence-electron chi connectivity index (χ1n) is 10.7. The molecule has 0 spiro atoms. The van der Waals surface area contributed by atoms with Crippen LogP contribution in [-0.4, -0.2) is 55.2 Å². The summed E-state index contributed by atoms with van der Waals surface area (Å²) < 4.78 is 16.3. The third-order valence-corrected chi connectivity index (χ3v) is 5.81. The number of fused-ring (bicyclic) bond motifs is 1. The highest BCUT2D eigenvalue weighted by atomic mass is 16.6. The number of hydrogen-bond acceptors (Lipinski definition) is 6. The van der Waals surface area contributed by atoms with Gasteiger partial charge in [-0.25, -0.2) is 0 Å². The molecular weight excluding hydrogens is 410 g/mol. The number of benzene rings is 2. The van der Waals surface area contributed by atoms with Crippen molar-refractivity contribution >= 4 is 17.4 Å². The zero-order valence-corrected chi connectivity index (χ0v) is 18.5. The smallest absolute Gasteiger partial charge is 0.295 e. The number of carbonyl (C=O) groups excluding carboxylic acids is 2. The molecule has 0 unspecified atom stereocenters. The van der Waals surface area contributed by atoms with Crippen LogP contribution in [0.25, 0.3) is 5.76 Å². The molecule has 1 N–H and O–H groups in total. The van der Waals surface area contributed by atoms with Crippen LogP contribution in [0.5, 0.6) is 11.5 Å². The predicted octanol–water partition coefficient (Wildman–Crippen LogP) is 3.65. The standard InChI is InChI=1S/C25H27NO6/c1-15(2)16-4-6-17(7-5-16)22-21(24(28)25(29)26(22)10-11-30-3)23(27)18-8-9-19-20(14-18)32-13-12-31-19/h4-9,14-15,22,27H,10-13H2,1-3H3/b23-21+/t22-/m0/s1. The Labute approximate surface area is 187 Å². The van der Waals surface area contributed by atoms with E-state index >= 15 is 0 Å². The minimum Gasteiger partial charge on any atom is -0.507 e. The number of rotatable bonds is 6. The Hall–Kier alpha value is -3.32. The first kappa shape index (κ1) is 21.9. The molecule has 0 radical (unpaired) electrons. The number of likely N-dealkylation sites (tertiary alicyclic amines) is 1. The summed E-state index contributed by atoms with van der Waals surface area (Å²) >= 11 is 0. The van der Waals surface area contributed by atoms with Gasteiger partial charge in [0.2, 0.25) is 0 Å². The van der Waals surface area contributed by atoms with E-state index in [1.165, 1.54) is 12.0 Å². The highest BCUT2D eigenvalue weighted by Gasteiger charge is 2.46. The van der Waals surface area contributed by atoms with E-state index in [1.807, 2.05) is 24.3 Å². The summed E-state index contributed by atoms with van der Waals surface area (Å²) in [5, 5.41) is 11.2. The molecule has 32 heavy (non-hydrogen) atoms. The average Bonchev–Trinajstić information content (AvgIpc) is 3.06. The molecule has 168 valence electrons. The number of amides is 1. The predicted molar refractivity (Wildman–Crippen MR) is 119 cm³/mol. The molecule has 1 amide bonds. The number of Topliss-reactive ketones (excluding diaryl/α,β-unsaturated/α-hetero) is 1. The Morgan fingerprint density at radius 2 is 1.78 bits per heavy atom. The van der Waals surface area contributed by atoms with Crippen molar-refractivity contribution in [3.05, 3.63) is 64.7 Å². The van der Waals surface area contributed by atoms with Gasteiger partial charge in [0.25, 0.3) is 11.7 Å². The van der Waals surface area contributed by atoms with E-state index < -0.39 is 17.7 Å². The average molecular weight is 437 g/mol. The summed E-state index contributed by atoms with van der Waals surface area (Å²) in [6, 6.07) is 12.1. The quantitative estimate of drug-likeness (QED) is 0.422. The molecule has 1 atom stereocenters. The molecule has 4 rings (SSSR count). The number of aliphatic hydroxyl groups excluding tert-OH is 1. The Bertz CT molecular complexity index is 1060. The summed E-state index contributed by atoms with van der Waals surface area (Å²) in [7, 11) is 1.54. The van der Waals surface area contributed by atoms with Gasteiger partial charge in [-0.15, -0.1) is 0 Å². The van der Waals surface area contributed by atoms with Crippen LogP contribution in [0.3, 0.4) is 0 Å². The normalized spacial score (nSPS) is 19.6. The van der Waals surface area contributed by atoms with Crippen molar-refractivity contribution < 1.29 is 28.9 Å². The topological polar surface area (TPSA) is 85.3 Å². The van der Waals surface area contributed by atoms with Gasteiger partial charge in [-0.05, 0) is 35.2 Å². The molecule has 2 aromatic rings.